The molecule has 150 valence electrons. The predicted molar refractivity (Wildman–Crippen MR) is 97.6 cm³/mol. The molecular weight excluding hydrogens is 386 g/mol. The smallest absolute Gasteiger partial charge is 0.408 e. The number of alkyl carbamates (subject to hydrolysis) is 1. The molecule has 26 heavy (non-hydrogen) atoms. The summed E-state index contributed by atoms with van der Waals surface area (Å²) in [7, 11) is -4.44. The standard InChI is InChI=1S/C16H26ClNO7S/c1-15(2,3)8-10(17)9-26(23,24)13(21)11(7-12(19)20)18-14(22)25-16(4,5)6/h8,11H,7,9H2,1-6H3,(H,18,22)(H,19,20)/t11-/m0/s1. The first-order chi connectivity index (χ1) is 11.4. The molecule has 1 atom stereocenters. The molecule has 1 amide bonds. The third-order valence-corrected chi connectivity index (χ3v) is 4.57. The number of carboxylic acids is 1. The number of carbonyl (C=O) groups excluding carboxylic acids is 2. The van der Waals surface area contributed by atoms with Crippen molar-refractivity contribution in [1.29, 1.82) is 0 Å². The number of rotatable bonds is 6. The molecule has 8 nitrogen and oxygen atoms in total. The topological polar surface area (TPSA) is 127 Å². The number of halogens is 1. The van der Waals surface area contributed by atoms with Crippen LogP contribution in [0, 0.1) is 5.41 Å². The van der Waals surface area contributed by atoms with E-state index in [1.165, 1.54) is 6.08 Å². The molecule has 0 rings (SSSR count). The van der Waals surface area contributed by atoms with Gasteiger partial charge in [-0.1, -0.05) is 38.4 Å². The number of carbonyl (C=O) groups is 3. The van der Waals surface area contributed by atoms with Crippen molar-refractivity contribution in [1.82, 2.24) is 5.32 Å². The molecule has 0 radical (unpaired) electrons. The van der Waals surface area contributed by atoms with Gasteiger partial charge in [0, 0.05) is 5.03 Å². The van der Waals surface area contributed by atoms with Crippen LogP contribution in [0.5, 0.6) is 0 Å². The summed E-state index contributed by atoms with van der Waals surface area (Å²) in [5.41, 5.74) is -1.32. The van der Waals surface area contributed by atoms with E-state index in [9.17, 15) is 22.8 Å². The molecule has 2 N–H and O–H groups in total. The molecule has 0 bridgehead atoms. The fourth-order valence-corrected chi connectivity index (χ4v) is 3.72. The Hall–Kier alpha value is -1.61. The number of aliphatic carboxylic acids is 1. The summed E-state index contributed by atoms with van der Waals surface area (Å²) in [5.74, 6) is -2.23. The van der Waals surface area contributed by atoms with Crippen molar-refractivity contribution in [3.05, 3.63) is 11.1 Å². The molecule has 10 heteroatoms. The lowest BCUT2D eigenvalue weighted by atomic mass is 9.96. The van der Waals surface area contributed by atoms with Crippen molar-refractivity contribution >= 4 is 38.6 Å². The Balaban J connectivity index is 5.43. The summed E-state index contributed by atoms with van der Waals surface area (Å²) in [6, 6.07) is -1.79. The van der Waals surface area contributed by atoms with Crippen LogP contribution in [0.25, 0.3) is 0 Å². The summed E-state index contributed by atoms with van der Waals surface area (Å²) in [6.45, 7) is 10.1. The molecular formula is C16H26ClNO7S. The average molecular weight is 412 g/mol. The van der Waals surface area contributed by atoms with Crippen LogP contribution in [0.15, 0.2) is 11.1 Å². The largest absolute Gasteiger partial charge is 0.481 e. The zero-order valence-electron chi connectivity index (χ0n) is 15.8. The third-order valence-electron chi connectivity index (χ3n) is 2.58. The Morgan fingerprint density at radius 3 is 2.04 bits per heavy atom. The lowest BCUT2D eigenvalue weighted by Gasteiger charge is -2.22. The Kier molecular flexibility index (Phi) is 8.31. The molecule has 0 unspecified atom stereocenters. The van der Waals surface area contributed by atoms with E-state index in [0.717, 1.165) is 0 Å². The normalized spacial score (nSPS) is 14.5. The average Bonchev–Trinajstić information content (AvgIpc) is 2.30. The number of nitrogens with one attached hydrogen (secondary N) is 1. The third kappa shape index (κ3) is 10.4. The second-order valence-corrected chi connectivity index (χ2v) is 10.2. The van der Waals surface area contributed by atoms with E-state index in [4.69, 9.17) is 21.4 Å². The van der Waals surface area contributed by atoms with Gasteiger partial charge in [-0.25, -0.2) is 13.2 Å². The first-order valence-electron chi connectivity index (χ1n) is 7.78. The predicted octanol–water partition coefficient (Wildman–Crippen LogP) is 2.46. The highest BCUT2D eigenvalue weighted by Gasteiger charge is 2.35. The van der Waals surface area contributed by atoms with Gasteiger partial charge in [0.2, 0.25) is 9.84 Å². The van der Waals surface area contributed by atoms with Crippen LogP contribution in [0.4, 0.5) is 4.79 Å². The van der Waals surface area contributed by atoms with E-state index in [2.05, 4.69) is 0 Å². The Labute approximate surface area is 158 Å². The van der Waals surface area contributed by atoms with Gasteiger partial charge in [-0.3, -0.25) is 9.59 Å². The maximum Gasteiger partial charge on any atom is 0.408 e. The molecule has 0 fully saturated rings. The highest BCUT2D eigenvalue weighted by Crippen LogP contribution is 2.21. The van der Waals surface area contributed by atoms with Gasteiger partial charge >= 0.3 is 12.1 Å². The summed E-state index contributed by atoms with van der Waals surface area (Å²) in [4.78, 5) is 35.0. The van der Waals surface area contributed by atoms with Gasteiger partial charge in [-0.2, -0.15) is 0 Å². The fraction of sp³-hybridized carbons (Fsp3) is 0.688. The van der Waals surface area contributed by atoms with Crippen molar-refractivity contribution in [2.24, 2.45) is 5.41 Å². The fourth-order valence-electron chi connectivity index (χ4n) is 1.80. The number of carboxylic acid groups (broad SMARTS) is 1. The maximum absolute atomic E-state index is 12.3. The minimum Gasteiger partial charge on any atom is -0.481 e. The quantitative estimate of drug-likeness (QED) is 0.687. The van der Waals surface area contributed by atoms with Crippen LogP contribution in [-0.4, -0.2) is 48.1 Å². The molecule has 0 heterocycles. The van der Waals surface area contributed by atoms with Crippen LogP contribution in [-0.2, 0) is 24.2 Å². The number of hydrogen-bond acceptors (Lipinski definition) is 6. The number of allylic oxidation sites excluding steroid dienone is 1. The second kappa shape index (κ2) is 8.85. The Bertz CT molecular complexity index is 684. The van der Waals surface area contributed by atoms with Gasteiger partial charge in [-0.05, 0) is 26.2 Å². The number of hydrogen-bond donors (Lipinski definition) is 2. The van der Waals surface area contributed by atoms with Gasteiger partial charge in [0.1, 0.15) is 11.6 Å². The van der Waals surface area contributed by atoms with E-state index in [1.54, 1.807) is 41.5 Å². The number of sulfone groups is 1. The highest BCUT2D eigenvalue weighted by atomic mass is 35.5. The molecule has 0 aromatic heterocycles. The molecule has 0 aliphatic rings. The monoisotopic (exact) mass is 411 g/mol. The molecule has 0 saturated heterocycles. The summed E-state index contributed by atoms with van der Waals surface area (Å²) in [5, 5.41) is 9.39. The van der Waals surface area contributed by atoms with Gasteiger partial charge in [-0.15, -0.1) is 0 Å². The molecule has 0 aliphatic carbocycles. The summed E-state index contributed by atoms with van der Waals surface area (Å²) in [6.07, 6.45) is -0.520. The zero-order chi connectivity index (χ0) is 20.9. The minimum atomic E-state index is -4.44. The highest BCUT2D eigenvalue weighted by molar-refractivity contribution is 8.06. The lowest BCUT2D eigenvalue weighted by Crippen LogP contribution is -2.47. The Morgan fingerprint density at radius 2 is 1.65 bits per heavy atom. The van der Waals surface area contributed by atoms with Crippen LogP contribution in [0.2, 0.25) is 0 Å². The number of ether oxygens (including phenoxy) is 1. The SMILES string of the molecule is CC(C)(C)C=C(Cl)CS(=O)(=O)C(=O)[C@H](CC(=O)O)NC(=O)OC(C)(C)C. The second-order valence-electron chi connectivity index (χ2n) is 7.83. The van der Waals surface area contributed by atoms with E-state index in [0.29, 0.717) is 0 Å². The first-order valence-corrected chi connectivity index (χ1v) is 9.81. The van der Waals surface area contributed by atoms with E-state index < -0.39 is 56.2 Å². The first kappa shape index (κ1) is 24.4. The number of amides is 1. The maximum atomic E-state index is 12.3. The van der Waals surface area contributed by atoms with Crippen LogP contribution < -0.4 is 5.32 Å². The molecule has 0 aromatic rings. The van der Waals surface area contributed by atoms with Gasteiger partial charge < -0.3 is 15.2 Å². The molecule has 0 aliphatic heterocycles. The van der Waals surface area contributed by atoms with Crippen molar-refractivity contribution in [3.8, 4) is 0 Å². The van der Waals surface area contributed by atoms with Crippen molar-refractivity contribution in [2.75, 3.05) is 5.75 Å². The van der Waals surface area contributed by atoms with E-state index in [1.807, 2.05) is 5.32 Å². The van der Waals surface area contributed by atoms with E-state index >= 15 is 0 Å². The molecule has 0 spiro atoms. The molecule has 0 aromatic carbocycles. The van der Waals surface area contributed by atoms with Gasteiger partial charge in [0.05, 0.1) is 12.2 Å². The zero-order valence-corrected chi connectivity index (χ0v) is 17.3. The van der Waals surface area contributed by atoms with Crippen LogP contribution in [0.1, 0.15) is 48.0 Å². The summed E-state index contributed by atoms with van der Waals surface area (Å²) < 4.78 is 29.4. The van der Waals surface area contributed by atoms with E-state index in [-0.39, 0.29) is 5.03 Å². The minimum absolute atomic E-state index is 0.0720. The van der Waals surface area contributed by atoms with Gasteiger partial charge in [0.25, 0.3) is 5.12 Å². The van der Waals surface area contributed by atoms with Crippen molar-refractivity contribution < 1.29 is 32.6 Å². The van der Waals surface area contributed by atoms with Crippen molar-refractivity contribution in [2.45, 2.75) is 59.6 Å². The summed E-state index contributed by atoms with van der Waals surface area (Å²) >= 11 is 5.90. The molecule has 0 saturated carbocycles. The van der Waals surface area contributed by atoms with Gasteiger partial charge in [0.15, 0.2) is 0 Å². The van der Waals surface area contributed by atoms with Crippen LogP contribution >= 0.6 is 11.6 Å². The lowest BCUT2D eigenvalue weighted by molar-refractivity contribution is -0.138. The van der Waals surface area contributed by atoms with Crippen molar-refractivity contribution in [3.63, 3.8) is 0 Å². The Morgan fingerprint density at radius 1 is 1.15 bits per heavy atom. The van der Waals surface area contributed by atoms with Crippen LogP contribution in [0.3, 0.4) is 0 Å².